The Morgan fingerprint density at radius 1 is 1.22 bits per heavy atom. The van der Waals surface area contributed by atoms with Crippen LogP contribution in [0.2, 0.25) is 5.02 Å². The average Bonchev–Trinajstić information content (AvgIpc) is 3.28. The number of ether oxygens (including phenoxy) is 1. The van der Waals surface area contributed by atoms with Crippen molar-refractivity contribution in [1.82, 2.24) is 24.7 Å². The molecule has 32 heavy (non-hydrogen) atoms. The van der Waals surface area contributed by atoms with Crippen molar-refractivity contribution in [2.45, 2.75) is 39.5 Å². The van der Waals surface area contributed by atoms with Crippen LogP contribution in [0.4, 0.5) is 10.2 Å². The molecule has 1 aliphatic heterocycles. The summed E-state index contributed by atoms with van der Waals surface area (Å²) in [5.74, 6) is 1.43. The zero-order valence-electron chi connectivity index (χ0n) is 22.5. The van der Waals surface area contributed by atoms with Gasteiger partial charge in [0.25, 0.3) is 0 Å². The largest absolute Gasteiger partial charge is 0.424 e. The Hall–Kier alpha value is -2.74. The minimum atomic E-state index is -3.05. The van der Waals surface area contributed by atoms with Crippen LogP contribution < -0.4 is 9.64 Å². The number of hydrogen-bond donors (Lipinski definition) is 0. The lowest BCUT2D eigenvalue weighted by molar-refractivity contribution is 0.264. The second-order valence-electron chi connectivity index (χ2n) is 8.43. The molecule has 1 saturated carbocycles. The molecule has 9 heteroatoms. The average molecular weight is 462 g/mol. The third-order valence-corrected chi connectivity index (χ3v) is 6.55. The summed E-state index contributed by atoms with van der Waals surface area (Å²) in [4.78, 5) is 15.2. The van der Waals surface area contributed by atoms with E-state index >= 15 is 0 Å². The van der Waals surface area contributed by atoms with Crippen molar-refractivity contribution >= 4 is 17.4 Å². The minimum absolute atomic E-state index is 0.0416. The number of piperidine rings is 1. The normalized spacial score (nSPS) is 25.5. The number of hydrogen-bond acceptors (Lipinski definition) is 6. The summed E-state index contributed by atoms with van der Waals surface area (Å²) < 4.78 is 59.7. The zero-order valence-corrected chi connectivity index (χ0v) is 18.3. The van der Waals surface area contributed by atoms with Gasteiger partial charge in [0, 0.05) is 53.0 Å². The third kappa shape index (κ3) is 4.28. The fourth-order valence-electron chi connectivity index (χ4n) is 4.94. The fraction of sp³-hybridized carbons (Fsp3) is 0.478. The summed E-state index contributed by atoms with van der Waals surface area (Å²) in [6, 6.07) is 5.08. The first-order valence-electron chi connectivity index (χ1n) is 13.0. The van der Waals surface area contributed by atoms with Gasteiger partial charge in [-0.25, -0.2) is 19.0 Å². The van der Waals surface area contributed by atoms with Crippen molar-refractivity contribution in [3.8, 4) is 11.8 Å². The molecule has 168 valence electrons. The number of fused-ring (bicyclic) bond motifs is 2. The van der Waals surface area contributed by atoms with Crippen LogP contribution in [0.25, 0.3) is 0 Å². The van der Waals surface area contributed by atoms with Gasteiger partial charge in [0.05, 0.1) is 2.74 Å². The Kier molecular flexibility index (Phi) is 4.32. The lowest BCUT2D eigenvalue weighted by Crippen LogP contribution is -2.43. The monoisotopic (exact) mass is 461 g/mol. The van der Waals surface area contributed by atoms with Gasteiger partial charge < -0.3 is 9.64 Å². The van der Waals surface area contributed by atoms with Gasteiger partial charge in [-0.05, 0) is 56.5 Å². The van der Waals surface area contributed by atoms with E-state index < -0.39 is 19.2 Å². The van der Waals surface area contributed by atoms with Crippen molar-refractivity contribution in [3.63, 3.8) is 0 Å². The lowest BCUT2D eigenvalue weighted by Gasteiger charge is -2.38. The summed E-state index contributed by atoms with van der Waals surface area (Å²) >= 11 is 5.92. The molecule has 1 saturated heterocycles. The molecule has 1 unspecified atom stereocenters. The van der Waals surface area contributed by atoms with Gasteiger partial charge in [-0.15, -0.1) is 0 Å². The van der Waals surface area contributed by atoms with Crippen LogP contribution in [-0.4, -0.2) is 37.8 Å². The summed E-state index contributed by atoms with van der Waals surface area (Å²) in [7, 11) is 0. The maximum atomic E-state index is 13.9. The van der Waals surface area contributed by atoms with Gasteiger partial charge >= 0.3 is 6.01 Å². The molecule has 3 aromatic rings. The highest BCUT2D eigenvalue weighted by molar-refractivity contribution is 6.30. The number of anilines is 1. The summed E-state index contributed by atoms with van der Waals surface area (Å²) in [5.41, 5.74) is 0.907. The highest BCUT2D eigenvalue weighted by atomic mass is 35.5. The highest BCUT2D eigenvalue weighted by Gasteiger charge is 2.42. The summed E-state index contributed by atoms with van der Waals surface area (Å²) in [5, 5.41) is 4.33. The number of benzene rings is 1. The van der Waals surface area contributed by atoms with E-state index in [9.17, 15) is 4.39 Å². The smallest absolute Gasteiger partial charge is 0.320 e. The minimum Gasteiger partial charge on any atom is -0.424 e. The Labute approximate surface area is 198 Å². The summed E-state index contributed by atoms with van der Waals surface area (Å²) in [6.07, 6.45) is 4.09. The van der Waals surface area contributed by atoms with E-state index in [0.717, 1.165) is 49.6 Å². The SMILES string of the molecule is [2H]C([2H])([2H])C([2H])([2H])n1nc(CC2[C@@H]3CC[C@H]2CN(c2cc(C)ncn2)C3)nc1Oc1cc(F)cc(Cl)c1. The maximum Gasteiger partial charge on any atom is 0.320 e. The Balaban J connectivity index is 1.41. The van der Waals surface area contributed by atoms with Crippen molar-refractivity contribution < 1.29 is 16.0 Å². The zero-order chi connectivity index (χ0) is 26.5. The molecule has 0 amide bonds. The molecule has 2 aliphatic rings. The van der Waals surface area contributed by atoms with Crippen LogP contribution in [0.3, 0.4) is 0 Å². The molecule has 0 spiro atoms. The standard InChI is InChI=1S/C23H26ClFN6O/c1-3-31-23(32-19-8-17(24)7-18(25)9-19)28-21(29-31)10-20-15-4-5-16(20)12-30(11-15)22-6-14(2)26-13-27-22/h6-9,13,15-16,20H,3-5,10-12H2,1-2H3/t15-,16+,20?/i1D3,3D2. The van der Waals surface area contributed by atoms with Crippen LogP contribution in [-0.2, 0) is 12.9 Å². The van der Waals surface area contributed by atoms with E-state index in [0.29, 0.717) is 22.9 Å². The molecule has 3 atom stereocenters. The molecule has 3 heterocycles. The van der Waals surface area contributed by atoms with E-state index in [4.69, 9.17) is 23.2 Å². The first kappa shape index (κ1) is 16.0. The van der Waals surface area contributed by atoms with Crippen molar-refractivity contribution in [3.05, 3.63) is 53.0 Å². The molecule has 7 nitrogen and oxygen atoms in total. The molecule has 0 radical (unpaired) electrons. The second-order valence-corrected chi connectivity index (χ2v) is 8.87. The Morgan fingerprint density at radius 3 is 2.75 bits per heavy atom. The quantitative estimate of drug-likeness (QED) is 0.530. The van der Waals surface area contributed by atoms with Crippen molar-refractivity contribution in [2.24, 2.45) is 17.8 Å². The predicted octanol–water partition coefficient (Wildman–Crippen LogP) is 4.69. The molecule has 1 aliphatic carbocycles. The van der Waals surface area contributed by atoms with Gasteiger partial charge in [0.1, 0.15) is 23.7 Å². The molecule has 2 bridgehead atoms. The number of aryl methyl sites for hydroxylation is 2. The molecular formula is C23H26ClFN6O. The predicted molar refractivity (Wildman–Crippen MR) is 120 cm³/mol. The van der Waals surface area contributed by atoms with Gasteiger partial charge in [-0.3, -0.25) is 0 Å². The van der Waals surface area contributed by atoms with Gasteiger partial charge in [0.2, 0.25) is 0 Å². The molecule has 5 rings (SSSR count). The number of halogens is 2. The van der Waals surface area contributed by atoms with Gasteiger partial charge in [-0.1, -0.05) is 11.6 Å². The van der Waals surface area contributed by atoms with Crippen LogP contribution in [0.5, 0.6) is 11.8 Å². The molecular weight excluding hydrogens is 431 g/mol. The topological polar surface area (TPSA) is 69.0 Å². The maximum absolute atomic E-state index is 13.9. The van der Waals surface area contributed by atoms with Crippen LogP contribution in [0, 0.1) is 30.5 Å². The van der Waals surface area contributed by atoms with Crippen molar-refractivity contribution in [2.75, 3.05) is 18.0 Å². The van der Waals surface area contributed by atoms with E-state index in [1.165, 1.54) is 6.07 Å². The third-order valence-electron chi connectivity index (χ3n) is 6.33. The fourth-order valence-corrected chi connectivity index (χ4v) is 5.15. The van der Waals surface area contributed by atoms with Crippen LogP contribution >= 0.6 is 11.6 Å². The first-order valence-corrected chi connectivity index (χ1v) is 10.9. The van der Waals surface area contributed by atoms with E-state index in [-0.39, 0.29) is 28.5 Å². The highest BCUT2D eigenvalue weighted by Crippen LogP contribution is 2.44. The van der Waals surface area contributed by atoms with E-state index in [2.05, 4.69) is 25.0 Å². The van der Waals surface area contributed by atoms with E-state index in [1.807, 2.05) is 13.0 Å². The number of rotatable bonds is 6. The number of aromatic nitrogens is 5. The van der Waals surface area contributed by atoms with Gasteiger partial charge in [0.15, 0.2) is 5.82 Å². The Morgan fingerprint density at radius 2 is 2.03 bits per heavy atom. The number of nitrogens with zero attached hydrogens (tertiary/aromatic N) is 6. The second kappa shape index (κ2) is 8.65. The van der Waals surface area contributed by atoms with E-state index in [1.54, 1.807) is 6.33 Å². The molecule has 0 N–H and O–H groups in total. The molecule has 1 aromatic carbocycles. The van der Waals surface area contributed by atoms with Crippen molar-refractivity contribution in [1.29, 1.82) is 0 Å². The van der Waals surface area contributed by atoms with Crippen LogP contribution in [0.15, 0.2) is 30.6 Å². The first-order chi connectivity index (χ1) is 17.4. The van der Waals surface area contributed by atoms with Crippen LogP contribution in [0.1, 0.15) is 38.1 Å². The molecule has 2 fully saturated rings. The van der Waals surface area contributed by atoms with Gasteiger partial charge in [-0.2, -0.15) is 10.1 Å². The summed E-state index contributed by atoms with van der Waals surface area (Å²) in [6.45, 7) is -2.38. The molecule has 2 aromatic heterocycles. The lowest BCUT2D eigenvalue weighted by atomic mass is 9.82. The Bertz CT molecular complexity index is 1270.